The van der Waals surface area contributed by atoms with Crippen molar-refractivity contribution >= 4 is 11.6 Å². The average Bonchev–Trinajstić information content (AvgIpc) is 2.42. The van der Waals surface area contributed by atoms with Gasteiger partial charge in [0.05, 0.1) is 0 Å². The van der Waals surface area contributed by atoms with E-state index in [0.29, 0.717) is 12.3 Å². The first-order valence-electron chi connectivity index (χ1n) is 5.42. The van der Waals surface area contributed by atoms with Crippen LogP contribution in [0.25, 0.3) is 0 Å². The average molecular weight is 263 g/mol. The molecule has 1 atom stereocenters. The number of nitroso groups, excluding NO2 is 1. The molecule has 0 aliphatic carbocycles. The smallest absolute Gasteiger partial charge is 0.219 e. The van der Waals surface area contributed by atoms with Gasteiger partial charge in [-0.25, -0.2) is 4.98 Å². The van der Waals surface area contributed by atoms with Crippen LogP contribution in [0.5, 0.6) is 11.6 Å². The number of pyridine rings is 1. The second kappa shape index (κ2) is 6.12. The lowest BCUT2D eigenvalue weighted by Gasteiger charge is -2.05. The van der Waals surface area contributed by atoms with E-state index in [2.05, 4.69) is 10.2 Å². The molecule has 0 saturated carbocycles. The number of hydrogen-bond acceptors (Lipinski definition) is 4. The Morgan fingerprint density at radius 1 is 1.22 bits per heavy atom. The number of halogens is 1. The first-order valence-corrected chi connectivity index (χ1v) is 5.86. The molecule has 92 valence electrons. The molecule has 0 fully saturated rings. The minimum atomic E-state index is -0.757. The molecular weight excluding hydrogens is 252 g/mol. The fourth-order valence-electron chi connectivity index (χ4n) is 1.43. The van der Waals surface area contributed by atoms with Gasteiger partial charge in [0.25, 0.3) is 0 Å². The summed E-state index contributed by atoms with van der Waals surface area (Å²) in [5.41, 5.74) is 0.0858. The summed E-state index contributed by atoms with van der Waals surface area (Å²) in [7, 11) is 0. The molecule has 1 aromatic carbocycles. The molecule has 0 radical (unpaired) electrons. The van der Waals surface area contributed by atoms with Crippen LogP contribution in [0.2, 0.25) is 0 Å². The molecule has 0 amide bonds. The number of alkyl halides is 1. The van der Waals surface area contributed by atoms with Crippen molar-refractivity contribution in [1.29, 1.82) is 0 Å². The van der Waals surface area contributed by atoms with Crippen molar-refractivity contribution in [2.75, 3.05) is 0 Å². The summed E-state index contributed by atoms with van der Waals surface area (Å²) in [6.07, 6.45) is 1.99. The molecule has 4 nitrogen and oxygen atoms in total. The summed E-state index contributed by atoms with van der Waals surface area (Å²) in [4.78, 5) is 14.3. The molecule has 1 unspecified atom stereocenters. The van der Waals surface area contributed by atoms with Crippen LogP contribution in [0.1, 0.15) is 5.56 Å². The van der Waals surface area contributed by atoms with Gasteiger partial charge in [0.15, 0.2) is 5.50 Å². The van der Waals surface area contributed by atoms with Gasteiger partial charge in [-0.05, 0) is 22.9 Å². The molecule has 18 heavy (non-hydrogen) atoms. The Morgan fingerprint density at radius 3 is 2.61 bits per heavy atom. The Bertz CT molecular complexity index is 502. The minimum Gasteiger partial charge on any atom is -0.439 e. The number of benzene rings is 1. The number of para-hydroxylation sites is 1. The summed E-state index contributed by atoms with van der Waals surface area (Å²) < 4.78 is 5.54. The van der Waals surface area contributed by atoms with E-state index in [1.807, 2.05) is 36.4 Å². The first-order chi connectivity index (χ1) is 8.78. The summed E-state index contributed by atoms with van der Waals surface area (Å²) in [5.74, 6) is 1.22. The molecule has 0 aliphatic heterocycles. The highest BCUT2D eigenvalue weighted by molar-refractivity contribution is 6.20. The molecule has 0 spiro atoms. The van der Waals surface area contributed by atoms with Crippen LogP contribution in [-0.2, 0) is 6.42 Å². The van der Waals surface area contributed by atoms with E-state index >= 15 is 0 Å². The largest absolute Gasteiger partial charge is 0.439 e. The number of ether oxygens (including phenoxy) is 1. The van der Waals surface area contributed by atoms with Gasteiger partial charge in [-0.1, -0.05) is 35.9 Å². The third-order valence-corrected chi connectivity index (χ3v) is 2.52. The topological polar surface area (TPSA) is 51.5 Å². The molecule has 1 aromatic heterocycles. The normalized spacial score (nSPS) is 11.8. The van der Waals surface area contributed by atoms with Crippen LogP contribution < -0.4 is 4.74 Å². The highest BCUT2D eigenvalue weighted by Crippen LogP contribution is 2.19. The molecule has 0 bridgehead atoms. The molecular formula is C13H11ClN2O2. The van der Waals surface area contributed by atoms with Crippen LogP contribution in [0, 0.1) is 4.91 Å². The lowest BCUT2D eigenvalue weighted by atomic mass is 10.2. The molecule has 0 N–H and O–H groups in total. The fraction of sp³-hybridized carbons (Fsp3) is 0.154. The van der Waals surface area contributed by atoms with Gasteiger partial charge in [0.2, 0.25) is 5.88 Å². The lowest BCUT2D eigenvalue weighted by Crippen LogP contribution is -1.99. The van der Waals surface area contributed by atoms with Crippen molar-refractivity contribution in [1.82, 2.24) is 4.98 Å². The van der Waals surface area contributed by atoms with Crippen LogP contribution in [0.15, 0.2) is 53.8 Å². The standard InChI is InChI=1S/C13H11ClN2O2/c14-12(16-17)8-10-6-7-13(15-9-10)18-11-4-2-1-3-5-11/h1-7,9,12H,8H2. The van der Waals surface area contributed by atoms with Crippen LogP contribution in [-0.4, -0.2) is 10.5 Å². The maximum Gasteiger partial charge on any atom is 0.219 e. The maximum atomic E-state index is 10.2. The van der Waals surface area contributed by atoms with E-state index in [1.165, 1.54) is 0 Å². The fourth-order valence-corrected chi connectivity index (χ4v) is 1.61. The van der Waals surface area contributed by atoms with Crippen LogP contribution in [0.4, 0.5) is 0 Å². The Labute approximate surface area is 110 Å². The van der Waals surface area contributed by atoms with Gasteiger partial charge in [0, 0.05) is 18.7 Å². The van der Waals surface area contributed by atoms with Gasteiger partial charge in [0.1, 0.15) is 5.75 Å². The van der Waals surface area contributed by atoms with Crippen LogP contribution in [0.3, 0.4) is 0 Å². The van der Waals surface area contributed by atoms with E-state index in [1.54, 1.807) is 12.3 Å². The summed E-state index contributed by atoms with van der Waals surface area (Å²) in [6, 6.07) is 12.9. The van der Waals surface area contributed by atoms with E-state index in [-0.39, 0.29) is 0 Å². The summed E-state index contributed by atoms with van der Waals surface area (Å²) in [5, 5.41) is 2.73. The maximum absolute atomic E-state index is 10.2. The molecule has 2 rings (SSSR count). The zero-order valence-electron chi connectivity index (χ0n) is 9.49. The van der Waals surface area contributed by atoms with Crippen molar-refractivity contribution in [2.45, 2.75) is 11.9 Å². The number of nitrogens with zero attached hydrogens (tertiary/aromatic N) is 2. The lowest BCUT2D eigenvalue weighted by molar-refractivity contribution is 0.462. The quantitative estimate of drug-likeness (QED) is 0.468. The highest BCUT2D eigenvalue weighted by atomic mass is 35.5. The van der Waals surface area contributed by atoms with Crippen molar-refractivity contribution in [2.24, 2.45) is 5.18 Å². The van der Waals surface area contributed by atoms with Crippen LogP contribution >= 0.6 is 11.6 Å². The van der Waals surface area contributed by atoms with E-state index in [9.17, 15) is 4.91 Å². The van der Waals surface area contributed by atoms with E-state index < -0.39 is 5.50 Å². The summed E-state index contributed by atoms with van der Waals surface area (Å²) >= 11 is 5.63. The second-order valence-electron chi connectivity index (χ2n) is 3.66. The number of rotatable bonds is 5. The molecule has 0 saturated heterocycles. The first kappa shape index (κ1) is 12.5. The third kappa shape index (κ3) is 3.53. The second-order valence-corrected chi connectivity index (χ2v) is 4.17. The van der Waals surface area contributed by atoms with Gasteiger partial charge >= 0.3 is 0 Å². The minimum absolute atomic E-state index is 0.365. The van der Waals surface area contributed by atoms with Crippen molar-refractivity contribution < 1.29 is 4.74 Å². The zero-order valence-corrected chi connectivity index (χ0v) is 10.2. The monoisotopic (exact) mass is 262 g/mol. The molecule has 1 heterocycles. The predicted octanol–water partition coefficient (Wildman–Crippen LogP) is 3.75. The zero-order chi connectivity index (χ0) is 12.8. The predicted molar refractivity (Wildman–Crippen MR) is 69.9 cm³/mol. The van der Waals surface area contributed by atoms with Gasteiger partial charge in [-0.15, -0.1) is 4.91 Å². The summed E-state index contributed by atoms with van der Waals surface area (Å²) in [6.45, 7) is 0. The SMILES string of the molecule is O=NC(Cl)Cc1ccc(Oc2ccccc2)nc1. The Hall–Kier alpha value is -1.94. The highest BCUT2D eigenvalue weighted by Gasteiger charge is 2.06. The Balaban J connectivity index is 2.02. The molecule has 2 aromatic rings. The van der Waals surface area contributed by atoms with E-state index in [0.717, 1.165) is 11.3 Å². The van der Waals surface area contributed by atoms with Crippen molar-refractivity contribution in [3.8, 4) is 11.6 Å². The molecule has 5 heteroatoms. The van der Waals surface area contributed by atoms with Crippen molar-refractivity contribution in [3.63, 3.8) is 0 Å². The van der Waals surface area contributed by atoms with Crippen molar-refractivity contribution in [3.05, 3.63) is 59.1 Å². The number of hydrogen-bond donors (Lipinski definition) is 0. The van der Waals surface area contributed by atoms with E-state index in [4.69, 9.17) is 16.3 Å². The van der Waals surface area contributed by atoms with Gasteiger partial charge in [-0.2, -0.15) is 0 Å². The molecule has 0 aliphatic rings. The van der Waals surface area contributed by atoms with Gasteiger partial charge < -0.3 is 4.74 Å². The number of aromatic nitrogens is 1. The van der Waals surface area contributed by atoms with Gasteiger partial charge in [-0.3, -0.25) is 0 Å². The third-order valence-electron chi connectivity index (χ3n) is 2.28. The Kier molecular flexibility index (Phi) is 4.25. The Morgan fingerprint density at radius 2 is 2.00 bits per heavy atom.